The van der Waals surface area contributed by atoms with Crippen LogP contribution in [0.3, 0.4) is 0 Å². The number of sulfonamides is 1. The first-order valence-corrected chi connectivity index (χ1v) is 9.46. The van der Waals surface area contributed by atoms with Crippen LogP contribution in [0.25, 0.3) is 4.96 Å². The maximum atomic E-state index is 12.9. The third kappa shape index (κ3) is 2.79. The second-order valence-corrected chi connectivity index (χ2v) is 7.49. The Labute approximate surface area is 129 Å². The van der Waals surface area contributed by atoms with Crippen LogP contribution >= 0.6 is 11.3 Å². The van der Waals surface area contributed by atoms with Gasteiger partial charge in [-0.1, -0.05) is 20.8 Å². The van der Waals surface area contributed by atoms with Crippen molar-refractivity contribution in [2.75, 3.05) is 12.4 Å². The predicted octanol–water partition coefficient (Wildman–Crippen LogP) is 2.68. The van der Waals surface area contributed by atoms with E-state index in [1.54, 1.807) is 17.6 Å². The van der Waals surface area contributed by atoms with Gasteiger partial charge in [0.1, 0.15) is 0 Å². The van der Waals surface area contributed by atoms with Gasteiger partial charge in [0.05, 0.1) is 0 Å². The molecule has 2 aromatic heterocycles. The van der Waals surface area contributed by atoms with E-state index in [1.165, 1.54) is 11.3 Å². The van der Waals surface area contributed by atoms with Gasteiger partial charge < -0.3 is 5.32 Å². The molecule has 2 aromatic rings. The summed E-state index contributed by atoms with van der Waals surface area (Å²) in [5, 5.41) is 4.88. The number of hydrogen-bond donors (Lipinski definition) is 2. The number of hydrogen-bond acceptors (Lipinski definition) is 5. The van der Waals surface area contributed by atoms with Gasteiger partial charge in [-0.25, -0.2) is 18.1 Å². The van der Waals surface area contributed by atoms with E-state index in [-0.39, 0.29) is 5.03 Å². The first-order valence-electron chi connectivity index (χ1n) is 7.10. The Morgan fingerprint density at radius 3 is 2.43 bits per heavy atom. The molecule has 0 aliphatic heterocycles. The van der Waals surface area contributed by atoms with E-state index < -0.39 is 15.6 Å². The molecule has 0 amide bonds. The fraction of sp³-hybridized carbons (Fsp3) is 0.615. The Bertz CT molecular complexity index is 705. The van der Waals surface area contributed by atoms with Gasteiger partial charge in [-0.3, -0.25) is 4.40 Å². The predicted molar refractivity (Wildman–Crippen MR) is 86.5 cm³/mol. The summed E-state index contributed by atoms with van der Waals surface area (Å²) in [7, 11) is -1.98. The lowest BCUT2D eigenvalue weighted by molar-refractivity contribution is 0.341. The van der Waals surface area contributed by atoms with Crippen LogP contribution in [0.1, 0.15) is 40.0 Å². The smallest absolute Gasteiger partial charge is 0.260 e. The topological polar surface area (TPSA) is 75.5 Å². The molecule has 0 saturated heterocycles. The van der Waals surface area contributed by atoms with Gasteiger partial charge in [0, 0.05) is 24.2 Å². The standard InChI is InChI=1S/C13H22N4O2S2/c1-5-13(6-2,7-3)16-21(18,19)11-10(14-4)15-12-17(11)8-9-20-12/h8-9,14,16H,5-7H2,1-4H3. The maximum absolute atomic E-state index is 12.9. The van der Waals surface area contributed by atoms with E-state index in [0.717, 1.165) is 19.3 Å². The zero-order valence-electron chi connectivity index (χ0n) is 12.8. The molecule has 2 N–H and O–H groups in total. The van der Waals surface area contributed by atoms with Crippen LogP contribution < -0.4 is 10.0 Å². The van der Waals surface area contributed by atoms with Gasteiger partial charge in [-0.05, 0) is 19.3 Å². The highest BCUT2D eigenvalue weighted by molar-refractivity contribution is 7.89. The number of thiazole rings is 1. The molecule has 0 spiro atoms. The van der Waals surface area contributed by atoms with Crippen LogP contribution in [0.5, 0.6) is 0 Å². The van der Waals surface area contributed by atoms with Gasteiger partial charge in [0.15, 0.2) is 15.8 Å². The summed E-state index contributed by atoms with van der Waals surface area (Å²) in [6.45, 7) is 6.02. The molecule has 0 aromatic carbocycles. The van der Waals surface area contributed by atoms with Crippen molar-refractivity contribution < 1.29 is 8.42 Å². The minimum atomic E-state index is -3.66. The van der Waals surface area contributed by atoms with E-state index in [4.69, 9.17) is 0 Å². The second-order valence-electron chi connectivity index (χ2n) is 5.02. The van der Waals surface area contributed by atoms with Crippen molar-refractivity contribution in [3.8, 4) is 0 Å². The average Bonchev–Trinajstić information content (AvgIpc) is 3.04. The molecule has 0 atom stereocenters. The first-order chi connectivity index (χ1) is 9.93. The van der Waals surface area contributed by atoms with E-state index in [0.29, 0.717) is 10.8 Å². The number of nitrogens with zero attached hydrogens (tertiary/aromatic N) is 2. The number of rotatable bonds is 7. The molecule has 0 saturated carbocycles. The Balaban J connectivity index is 2.53. The molecule has 0 aliphatic carbocycles. The second kappa shape index (κ2) is 5.94. The molecule has 2 rings (SSSR count). The molecular weight excluding hydrogens is 308 g/mol. The number of anilines is 1. The molecule has 0 bridgehead atoms. The number of fused-ring (bicyclic) bond motifs is 1. The molecule has 2 heterocycles. The summed E-state index contributed by atoms with van der Waals surface area (Å²) in [5.74, 6) is 0.381. The van der Waals surface area contributed by atoms with E-state index in [2.05, 4.69) is 15.0 Å². The van der Waals surface area contributed by atoms with E-state index in [1.807, 2.05) is 26.2 Å². The van der Waals surface area contributed by atoms with Crippen molar-refractivity contribution in [3.05, 3.63) is 11.6 Å². The van der Waals surface area contributed by atoms with Crippen molar-refractivity contribution >= 4 is 32.1 Å². The van der Waals surface area contributed by atoms with Gasteiger partial charge in [-0.2, -0.15) is 0 Å². The molecule has 0 fully saturated rings. The Morgan fingerprint density at radius 1 is 1.29 bits per heavy atom. The summed E-state index contributed by atoms with van der Waals surface area (Å²) in [6, 6.07) is 0. The van der Waals surface area contributed by atoms with Crippen molar-refractivity contribution in [1.29, 1.82) is 0 Å². The molecule has 0 radical (unpaired) electrons. The Kier molecular flexibility index (Phi) is 4.60. The minimum absolute atomic E-state index is 0.181. The zero-order valence-corrected chi connectivity index (χ0v) is 14.4. The summed E-state index contributed by atoms with van der Waals surface area (Å²) in [6.07, 6.45) is 3.98. The molecule has 118 valence electrons. The van der Waals surface area contributed by atoms with Gasteiger partial charge in [0.2, 0.25) is 0 Å². The van der Waals surface area contributed by atoms with Crippen LogP contribution in [-0.4, -0.2) is 30.4 Å². The highest BCUT2D eigenvalue weighted by Crippen LogP contribution is 2.28. The van der Waals surface area contributed by atoms with Crippen molar-refractivity contribution in [3.63, 3.8) is 0 Å². The highest BCUT2D eigenvalue weighted by Gasteiger charge is 2.34. The maximum Gasteiger partial charge on any atom is 0.260 e. The van der Waals surface area contributed by atoms with E-state index in [9.17, 15) is 8.42 Å². The normalized spacial score (nSPS) is 13.0. The third-order valence-electron chi connectivity index (χ3n) is 4.09. The quantitative estimate of drug-likeness (QED) is 0.818. The summed E-state index contributed by atoms with van der Waals surface area (Å²) >= 11 is 1.41. The number of nitrogens with one attached hydrogen (secondary N) is 2. The Hall–Kier alpha value is -1.12. The monoisotopic (exact) mass is 330 g/mol. The fourth-order valence-corrected chi connectivity index (χ4v) is 5.16. The minimum Gasteiger partial charge on any atom is -0.371 e. The van der Waals surface area contributed by atoms with Crippen LogP contribution in [0, 0.1) is 0 Å². The van der Waals surface area contributed by atoms with Crippen molar-refractivity contribution in [1.82, 2.24) is 14.1 Å². The first kappa shape index (κ1) is 16.3. The largest absolute Gasteiger partial charge is 0.371 e. The number of imidazole rings is 1. The molecule has 21 heavy (non-hydrogen) atoms. The lowest BCUT2D eigenvalue weighted by Gasteiger charge is -2.31. The van der Waals surface area contributed by atoms with Crippen LogP contribution in [0.4, 0.5) is 5.82 Å². The third-order valence-corrected chi connectivity index (χ3v) is 6.45. The molecule has 0 unspecified atom stereocenters. The van der Waals surface area contributed by atoms with Gasteiger partial charge in [0.25, 0.3) is 10.0 Å². The van der Waals surface area contributed by atoms with Crippen LogP contribution in [0.15, 0.2) is 16.6 Å². The number of aromatic nitrogens is 2. The molecule has 8 heteroatoms. The van der Waals surface area contributed by atoms with Crippen molar-refractivity contribution in [2.24, 2.45) is 0 Å². The van der Waals surface area contributed by atoms with Crippen LogP contribution in [0.2, 0.25) is 0 Å². The van der Waals surface area contributed by atoms with Gasteiger partial charge >= 0.3 is 0 Å². The fourth-order valence-electron chi connectivity index (χ4n) is 2.48. The lowest BCUT2D eigenvalue weighted by atomic mass is 9.91. The summed E-state index contributed by atoms with van der Waals surface area (Å²) < 4.78 is 30.2. The highest BCUT2D eigenvalue weighted by atomic mass is 32.2. The zero-order chi connectivity index (χ0) is 15.7. The summed E-state index contributed by atoms with van der Waals surface area (Å²) in [5.41, 5.74) is -0.413. The average molecular weight is 330 g/mol. The molecular formula is C13H22N4O2S2. The lowest BCUT2D eigenvalue weighted by Crippen LogP contribution is -2.47. The SMILES string of the molecule is CCC(CC)(CC)NS(=O)(=O)c1c(NC)nc2sccn12. The molecule has 0 aliphatic rings. The van der Waals surface area contributed by atoms with E-state index >= 15 is 0 Å². The van der Waals surface area contributed by atoms with Crippen molar-refractivity contribution in [2.45, 2.75) is 50.6 Å². The molecule has 6 nitrogen and oxygen atoms in total. The van der Waals surface area contributed by atoms with Gasteiger partial charge in [-0.15, -0.1) is 11.3 Å². The Morgan fingerprint density at radius 2 is 1.90 bits per heavy atom. The summed E-state index contributed by atoms with van der Waals surface area (Å²) in [4.78, 5) is 4.98. The van der Waals surface area contributed by atoms with Crippen LogP contribution in [-0.2, 0) is 10.0 Å².